The van der Waals surface area contributed by atoms with Crippen molar-refractivity contribution >= 4 is 17.7 Å². The van der Waals surface area contributed by atoms with Crippen molar-refractivity contribution in [1.82, 2.24) is 15.2 Å². The molecule has 2 atom stereocenters. The van der Waals surface area contributed by atoms with Gasteiger partial charge in [-0.15, -0.1) is 0 Å². The summed E-state index contributed by atoms with van der Waals surface area (Å²) in [6.07, 6.45) is 2.41. The lowest BCUT2D eigenvalue weighted by atomic mass is 9.79. The first-order valence-electron chi connectivity index (χ1n) is 9.36. The number of nitrogens with one attached hydrogen (secondary N) is 1. The molecule has 3 aliphatic rings. The maximum atomic E-state index is 12.7. The van der Waals surface area contributed by atoms with Crippen LogP contribution in [0.2, 0.25) is 0 Å². The Hall–Kier alpha value is -1.85. The third-order valence-electron chi connectivity index (χ3n) is 5.68. The van der Waals surface area contributed by atoms with Gasteiger partial charge in [-0.25, -0.2) is 4.98 Å². The fourth-order valence-electron chi connectivity index (χ4n) is 4.15. The molecule has 0 saturated carbocycles. The van der Waals surface area contributed by atoms with E-state index in [1.807, 2.05) is 49.4 Å². The second-order valence-corrected chi connectivity index (χ2v) is 8.45. The summed E-state index contributed by atoms with van der Waals surface area (Å²) in [5.74, 6) is 0.669. The summed E-state index contributed by atoms with van der Waals surface area (Å²) in [5, 5.41) is 4.27. The minimum absolute atomic E-state index is 0.0424. The molecule has 3 aliphatic heterocycles. The number of aryl methyl sites for hydroxylation is 1. The van der Waals surface area contributed by atoms with E-state index in [0.717, 1.165) is 21.2 Å². The molecule has 2 aromatic rings. The number of benzene rings is 1. The zero-order valence-corrected chi connectivity index (χ0v) is 16.1. The topological polar surface area (TPSA) is 45.2 Å². The average molecular weight is 368 g/mol. The van der Waals surface area contributed by atoms with Crippen molar-refractivity contribution in [3.05, 3.63) is 53.7 Å². The lowest BCUT2D eigenvalue weighted by Gasteiger charge is -2.49. The van der Waals surface area contributed by atoms with E-state index >= 15 is 0 Å². The van der Waals surface area contributed by atoms with Gasteiger partial charge < -0.3 is 5.32 Å². The van der Waals surface area contributed by atoms with Gasteiger partial charge in [0.05, 0.1) is 0 Å². The Morgan fingerprint density at radius 3 is 2.54 bits per heavy atom. The number of hydrogen-bond donors (Lipinski definition) is 1. The Kier molecular flexibility index (Phi) is 5.00. The van der Waals surface area contributed by atoms with Gasteiger partial charge in [-0.1, -0.05) is 17.8 Å². The lowest BCUT2D eigenvalue weighted by molar-refractivity contribution is 0.0217. The molecule has 1 amide bonds. The highest BCUT2D eigenvalue weighted by molar-refractivity contribution is 7.99. The second-order valence-electron chi connectivity index (χ2n) is 7.36. The first kappa shape index (κ1) is 17.6. The zero-order valence-electron chi connectivity index (χ0n) is 15.3. The Morgan fingerprint density at radius 2 is 1.88 bits per heavy atom. The molecule has 0 spiro atoms. The summed E-state index contributed by atoms with van der Waals surface area (Å²) in [4.78, 5) is 20.8. The van der Waals surface area contributed by atoms with Crippen molar-refractivity contribution in [2.75, 3.05) is 13.1 Å². The molecule has 2 bridgehead atoms. The van der Waals surface area contributed by atoms with Crippen LogP contribution >= 0.6 is 11.8 Å². The first-order chi connectivity index (χ1) is 12.6. The monoisotopic (exact) mass is 367 g/mol. The van der Waals surface area contributed by atoms with Crippen molar-refractivity contribution in [3.8, 4) is 0 Å². The number of pyridine rings is 1. The summed E-state index contributed by atoms with van der Waals surface area (Å²) in [6, 6.07) is 14.6. The van der Waals surface area contributed by atoms with Crippen LogP contribution in [-0.4, -0.2) is 41.0 Å². The minimum Gasteiger partial charge on any atom is -0.347 e. The number of aromatic nitrogens is 1. The van der Waals surface area contributed by atoms with Crippen LogP contribution in [0.5, 0.6) is 0 Å². The van der Waals surface area contributed by atoms with E-state index in [9.17, 15) is 4.79 Å². The first-order valence-corrected chi connectivity index (χ1v) is 10.2. The minimum atomic E-state index is 0.0424. The van der Waals surface area contributed by atoms with Gasteiger partial charge in [-0.2, -0.15) is 0 Å². The van der Waals surface area contributed by atoms with E-state index in [0.29, 0.717) is 12.0 Å². The van der Waals surface area contributed by atoms with Crippen molar-refractivity contribution in [2.24, 2.45) is 5.92 Å². The number of carbonyl (C=O) groups excluding carboxylic acids is 1. The van der Waals surface area contributed by atoms with Crippen LogP contribution in [0, 0.1) is 12.8 Å². The Labute approximate surface area is 159 Å². The highest BCUT2D eigenvalue weighted by atomic mass is 32.2. The van der Waals surface area contributed by atoms with Gasteiger partial charge in [0, 0.05) is 28.2 Å². The average Bonchev–Trinajstić information content (AvgIpc) is 2.65. The number of rotatable bonds is 4. The van der Waals surface area contributed by atoms with Gasteiger partial charge in [0.15, 0.2) is 0 Å². The molecular weight excluding hydrogens is 342 g/mol. The van der Waals surface area contributed by atoms with Crippen molar-refractivity contribution in [1.29, 1.82) is 0 Å². The van der Waals surface area contributed by atoms with Crippen LogP contribution in [-0.2, 0) is 0 Å². The van der Waals surface area contributed by atoms with Crippen LogP contribution in [0.1, 0.15) is 35.8 Å². The van der Waals surface area contributed by atoms with E-state index in [4.69, 9.17) is 0 Å². The molecule has 1 N–H and O–H groups in total. The van der Waals surface area contributed by atoms with Gasteiger partial charge in [-0.3, -0.25) is 9.69 Å². The van der Waals surface area contributed by atoms with E-state index in [-0.39, 0.29) is 11.9 Å². The zero-order chi connectivity index (χ0) is 18.1. The molecule has 4 nitrogen and oxygen atoms in total. The van der Waals surface area contributed by atoms with Crippen molar-refractivity contribution in [3.63, 3.8) is 0 Å². The van der Waals surface area contributed by atoms with E-state index < -0.39 is 0 Å². The molecule has 1 aromatic heterocycles. The molecular formula is C21H25N3OS. The summed E-state index contributed by atoms with van der Waals surface area (Å²) >= 11 is 1.62. The van der Waals surface area contributed by atoms with Gasteiger partial charge in [0.2, 0.25) is 0 Å². The molecule has 0 aliphatic carbocycles. The Morgan fingerprint density at radius 1 is 1.15 bits per heavy atom. The quantitative estimate of drug-likeness (QED) is 0.894. The molecule has 4 heterocycles. The molecule has 0 radical (unpaired) electrons. The number of carbonyl (C=O) groups is 1. The molecule has 3 fully saturated rings. The number of nitrogens with zero attached hydrogens (tertiary/aromatic N) is 2. The van der Waals surface area contributed by atoms with E-state index in [1.54, 1.807) is 11.8 Å². The molecule has 0 unspecified atom stereocenters. The standard InChI is InChI=1S/C21H25N3OS/c1-14-4-3-5-19(22-14)26-18-8-6-17(7-9-18)21(25)23-20-15(2)24-12-10-16(20)11-13-24/h3-9,15-16,20H,10-13H2,1-2H3,(H,23,25)/t15-,20-/m0/s1. The number of amides is 1. The van der Waals surface area contributed by atoms with Gasteiger partial charge in [0.1, 0.15) is 5.03 Å². The van der Waals surface area contributed by atoms with Crippen LogP contribution < -0.4 is 5.32 Å². The highest BCUT2D eigenvalue weighted by Gasteiger charge is 2.40. The smallest absolute Gasteiger partial charge is 0.251 e. The van der Waals surface area contributed by atoms with Crippen LogP contribution in [0.4, 0.5) is 0 Å². The molecule has 26 heavy (non-hydrogen) atoms. The Balaban J connectivity index is 1.41. The summed E-state index contributed by atoms with van der Waals surface area (Å²) < 4.78 is 0. The lowest BCUT2D eigenvalue weighted by Crippen LogP contribution is -2.62. The fourth-order valence-corrected chi connectivity index (χ4v) is 5.00. The molecule has 5 heteroatoms. The fraction of sp³-hybridized carbons (Fsp3) is 0.429. The normalized spacial score (nSPS) is 27.3. The number of fused-ring (bicyclic) bond motifs is 3. The van der Waals surface area contributed by atoms with Crippen molar-refractivity contribution < 1.29 is 4.79 Å². The number of hydrogen-bond acceptors (Lipinski definition) is 4. The summed E-state index contributed by atoms with van der Waals surface area (Å²) in [6.45, 7) is 6.59. The molecule has 3 saturated heterocycles. The highest BCUT2D eigenvalue weighted by Crippen LogP contribution is 2.32. The number of piperidine rings is 3. The van der Waals surface area contributed by atoms with Gasteiger partial charge in [0.25, 0.3) is 5.91 Å². The van der Waals surface area contributed by atoms with Crippen LogP contribution in [0.3, 0.4) is 0 Å². The van der Waals surface area contributed by atoms with Gasteiger partial charge >= 0.3 is 0 Å². The predicted octanol–water partition coefficient (Wildman–Crippen LogP) is 3.75. The van der Waals surface area contributed by atoms with E-state index in [1.165, 1.54) is 25.9 Å². The van der Waals surface area contributed by atoms with Gasteiger partial charge in [-0.05, 0) is 82.1 Å². The molecule has 136 valence electrons. The van der Waals surface area contributed by atoms with Crippen LogP contribution in [0.25, 0.3) is 0 Å². The Bertz CT molecular complexity index is 782. The predicted molar refractivity (Wildman–Crippen MR) is 105 cm³/mol. The molecule has 5 rings (SSSR count). The molecule has 1 aromatic carbocycles. The summed E-state index contributed by atoms with van der Waals surface area (Å²) in [7, 11) is 0. The SMILES string of the molecule is Cc1cccc(Sc2ccc(C(=O)N[C@@H]3C4CCN(CC4)[C@H]3C)cc2)n1. The largest absolute Gasteiger partial charge is 0.347 e. The second kappa shape index (κ2) is 7.41. The van der Waals surface area contributed by atoms with Crippen molar-refractivity contribution in [2.45, 2.75) is 48.7 Å². The van der Waals surface area contributed by atoms with E-state index in [2.05, 4.69) is 22.1 Å². The maximum Gasteiger partial charge on any atom is 0.251 e. The third kappa shape index (κ3) is 3.64. The summed E-state index contributed by atoms with van der Waals surface area (Å²) in [5.41, 5.74) is 1.74. The third-order valence-corrected chi connectivity index (χ3v) is 6.62. The van der Waals surface area contributed by atoms with Crippen LogP contribution in [0.15, 0.2) is 52.4 Å². The maximum absolute atomic E-state index is 12.7.